The van der Waals surface area contributed by atoms with E-state index < -0.39 is 94.3 Å². The highest BCUT2D eigenvalue weighted by Crippen LogP contribution is 2.47. The number of carbonyl (C=O) groups excluding carboxylic acids is 10. The summed E-state index contributed by atoms with van der Waals surface area (Å²) in [5.41, 5.74) is 4.35. The third-order valence-corrected chi connectivity index (χ3v) is 11.2. The van der Waals surface area contributed by atoms with Crippen LogP contribution in [0.4, 0.5) is 10.5 Å². The molecule has 3 atom stereocenters. The molecule has 9 N–H and O–H groups in total. The number of nitrogens with one attached hydrogen (secondary N) is 5. The van der Waals surface area contributed by atoms with Gasteiger partial charge in [-0.05, 0) is 63.9 Å². The lowest BCUT2D eigenvalue weighted by Crippen LogP contribution is -2.56. The van der Waals surface area contributed by atoms with Crippen LogP contribution in [0.25, 0.3) is 0 Å². The van der Waals surface area contributed by atoms with Gasteiger partial charge in [0.05, 0.1) is 28.9 Å². The monoisotopic (exact) mass is 857 g/mol. The number of primary amides is 1. The maximum atomic E-state index is 14.0. The first kappa shape index (κ1) is 46.2. The molecular weight excluding hydrogens is 807 g/mol. The van der Waals surface area contributed by atoms with Crippen molar-refractivity contribution >= 4 is 64.5 Å². The van der Waals surface area contributed by atoms with Crippen molar-refractivity contribution in [2.45, 2.75) is 90.6 Å². The van der Waals surface area contributed by atoms with Gasteiger partial charge in [0.2, 0.25) is 23.6 Å². The molecule has 1 aliphatic heterocycles. The quantitative estimate of drug-likeness (QED) is 0.0479. The molecule has 0 saturated carbocycles. The first-order chi connectivity index (χ1) is 29.4. The SMILES string of the molecule is CC(=O)[C@H]1CCc2c(O)c3c(c(O)c2C1)C(=O)c1cccc(NC(=O)CNC(=O)[C@H](CCCNC(N)=O)NC(=O)[C@@H](NC(=O)CCCCCN2C(=O)C=CC2=O)C(C)C)c1C3=O. The molecule has 330 valence electrons. The molecule has 3 aliphatic rings. The second kappa shape index (κ2) is 20.1. The molecule has 5 rings (SSSR count). The molecule has 0 aromatic heterocycles. The summed E-state index contributed by atoms with van der Waals surface area (Å²) in [4.78, 5) is 129. The number of rotatable bonds is 19. The normalized spacial score (nSPS) is 16.2. The van der Waals surface area contributed by atoms with Crippen molar-refractivity contribution in [3.8, 4) is 11.5 Å². The van der Waals surface area contributed by atoms with Crippen LogP contribution in [0.1, 0.15) is 109 Å². The molecule has 1 heterocycles. The molecule has 8 amide bonds. The molecule has 62 heavy (non-hydrogen) atoms. The number of phenols is 2. The number of aromatic hydroxyl groups is 2. The van der Waals surface area contributed by atoms with Gasteiger partial charge in [0, 0.05) is 54.3 Å². The number of fused-ring (bicyclic) bond motifs is 3. The van der Waals surface area contributed by atoms with Gasteiger partial charge in [-0.3, -0.25) is 48.1 Å². The van der Waals surface area contributed by atoms with E-state index in [9.17, 15) is 58.2 Å². The summed E-state index contributed by atoms with van der Waals surface area (Å²) >= 11 is 0. The number of nitrogens with two attached hydrogens (primary N) is 1. The molecule has 0 bridgehead atoms. The topological polar surface area (TPSA) is 301 Å². The molecule has 0 unspecified atom stereocenters. The number of hydrogen-bond acceptors (Lipinski definition) is 12. The number of benzene rings is 2. The van der Waals surface area contributed by atoms with Crippen LogP contribution in [0.15, 0.2) is 30.4 Å². The van der Waals surface area contributed by atoms with Gasteiger partial charge >= 0.3 is 6.03 Å². The number of phenolic OH excluding ortho intramolecular Hbond substituents is 2. The Balaban J connectivity index is 1.22. The van der Waals surface area contributed by atoms with Gasteiger partial charge in [-0.2, -0.15) is 0 Å². The summed E-state index contributed by atoms with van der Waals surface area (Å²) in [6, 6.07) is 0.980. The van der Waals surface area contributed by atoms with E-state index in [2.05, 4.69) is 26.6 Å². The second-order valence-electron chi connectivity index (χ2n) is 15.9. The van der Waals surface area contributed by atoms with Crippen molar-refractivity contribution in [1.29, 1.82) is 0 Å². The average molecular weight is 858 g/mol. The molecule has 2 aromatic rings. The van der Waals surface area contributed by atoms with Crippen LogP contribution in [-0.2, 0) is 46.4 Å². The Kier molecular flexibility index (Phi) is 15.0. The third kappa shape index (κ3) is 10.5. The highest BCUT2D eigenvalue weighted by molar-refractivity contribution is 6.32. The number of nitrogens with zero attached hydrogens (tertiary/aromatic N) is 1. The van der Waals surface area contributed by atoms with Crippen molar-refractivity contribution in [3.05, 3.63) is 63.7 Å². The minimum absolute atomic E-state index is 0.0204. The number of Topliss-reactive ketones (excluding diaryl/α,β-unsaturated/α-hetero) is 1. The first-order valence-electron chi connectivity index (χ1n) is 20.5. The van der Waals surface area contributed by atoms with Crippen molar-refractivity contribution < 1.29 is 58.2 Å². The van der Waals surface area contributed by atoms with E-state index in [1.807, 2.05) is 0 Å². The van der Waals surface area contributed by atoms with Gasteiger partial charge in [0.15, 0.2) is 11.6 Å². The van der Waals surface area contributed by atoms with Crippen LogP contribution < -0.4 is 32.3 Å². The van der Waals surface area contributed by atoms with Crippen LogP contribution in [-0.4, -0.2) is 106 Å². The summed E-state index contributed by atoms with van der Waals surface area (Å²) in [6.07, 6.45) is 4.70. The molecule has 2 aliphatic carbocycles. The lowest BCUT2D eigenvalue weighted by Gasteiger charge is -2.29. The zero-order valence-corrected chi connectivity index (χ0v) is 34.7. The number of ketones is 3. The molecule has 2 aromatic carbocycles. The summed E-state index contributed by atoms with van der Waals surface area (Å²) in [5, 5.41) is 35.2. The van der Waals surface area contributed by atoms with Crippen LogP contribution in [0.5, 0.6) is 11.5 Å². The fraction of sp³-hybridized carbons (Fsp3) is 0.442. The van der Waals surface area contributed by atoms with Crippen LogP contribution in [0.3, 0.4) is 0 Å². The molecule has 0 radical (unpaired) electrons. The number of unbranched alkanes of at least 4 members (excludes halogenated alkanes) is 2. The van der Waals surface area contributed by atoms with E-state index in [4.69, 9.17) is 5.73 Å². The predicted octanol–water partition coefficient (Wildman–Crippen LogP) is 1.18. The van der Waals surface area contributed by atoms with E-state index in [-0.39, 0.29) is 90.7 Å². The standard InChI is InChI=1S/C43H51N7O12/c1-21(2)36(49-29(52)12-5-4-6-18-50-31(54)15-16-32(50)55)42(61)48-28(11-8-17-45-43(44)62)41(60)46-20-30(53)47-27-10-7-9-25-33(27)40(59)35-34(38(25)57)39(58)26-19-23(22(3)51)13-14-24(26)37(35)56/h7,9-10,15-16,21,23,28,36,56,58H,4-6,8,11-14,17-20H2,1-3H3,(H,46,60)(H,47,53)(H,48,61)(H,49,52)(H3,44,45,62)/t23-,28-,36-/m0/s1. The third-order valence-electron chi connectivity index (χ3n) is 11.2. The van der Waals surface area contributed by atoms with E-state index >= 15 is 0 Å². The van der Waals surface area contributed by atoms with Gasteiger partial charge in [-0.25, -0.2) is 4.79 Å². The van der Waals surface area contributed by atoms with Crippen LogP contribution in [0.2, 0.25) is 0 Å². The Morgan fingerprint density at radius 3 is 2.15 bits per heavy atom. The fourth-order valence-corrected chi connectivity index (χ4v) is 7.82. The maximum absolute atomic E-state index is 14.0. The fourth-order valence-electron chi connectivity index (χ4n) is 7.82. The molecule has 19 nitrogen and oxygen atoms in total. The summed E-state index contributed by atoms with van der Waals surface area (Å²) < 4.78 is 0. The first-order valence-corrected chi connectivity index (χ1v) is 20.5. The Morgan fingerprint density at radius 2 is 1.48 bits per heavy atom. The molecule has 0 spiro atoms. The van der Waals surface area contributed by atoms with Crippen molar-refractivity contribution in [2.24, 2.45) is 17.6 Å². The summed E-state index contributed by atoms with van der Waals surface area (Å²) in [5.74, 6) is -7.03. The minimum atomic E-state index is -1.25. The maximum Gasteiger partial charge on any atom is 0.312 e. The van der Waals surface area contributed by atoms with E-state index in [0.29, 0.717) is 25.7 Å². The Hall–Kier alpha value is -6.92. The largest absolute Gasteiger partial charge is 0.507 e. The number of hydrogen-bond donors (Lipinski definition) is 8. The van der Waals surface area contributed by atoms with Gasteiger partial charge < -0.3 is 42.5 Å². The zero-order chi connectivity index (χ0) is 45.4. The Labute approximate surface area is 356 Å². The van der Waals surface area contributed by atoms with Gasteiger partial charge in [0.1, 0.15) is 29.4 Å². The number of anilines is 1. The number of imide groups is 1. The Morgan fingerprint density at radius 1 is 0.806 bits per heavy atom. The van der Waals surface area contributed by atoms with E-state index in [0.717, 1.165) is 4.90 Å². The average Bonchev–Trinajstić information content (AvgIpc) is 3.55. The van der Waals surface area contributed by atoms with Gasteiger partial charge in [-0.15, -0.1) is 0 Å². The predicted molar refractivity (Wildman–Crippen MR) is 221 cm³/mol. The number of amides is 8. The number of urea groups is 1. The smallest absolute Gasteiger partial charge is 0.312 e. The van der Waals surface area contributed by atoms with E-state index in [1.165, 1.54) is 37.3 Å². The Bertz CT molecular complexity index is 2230. The lowest BCUT2D eigenvalue weighted by atomic mass is 9.75. The highest BCUT2D eigenvalue weighted by Gasteiger charge is 2.41. The van der Waals surface area contributed by atoms with Crippen molar-refractivity contribution in [1.82, 2.24) is 26.2 Å². The van der Waals surface area contributed by atoms with E-state index in [1.54, 1.807) is 13.8 Å². The minimum Gasteiger partial charge on any atom is -0.507 e. The molecule has 0 saturated heterocycles. The highest BCUT2D eigenvalue weighted by atomic mass is 16.3. The summed E-state index contributed by atoms with van der Waals surface area (Å²) in [6.45, 7) is 4.43. The number of carbonyl (C=O) groups is 10. The molecule has 19 heteroatoms. The zero-order valence-electron chi connectivity index (χ0n) is 34.7. The lowest BCUT2D eigenvalue weighted by molar-refractivity contribution is -0.137. The van der Waals surface area contributed by atoms with Gasteiger partial charge in [0.25, 0.3) is 11.8 Å². The molecule has 0 fully saturated rings. The molecular formula is C43H51N7O12. The van der Waals surface area contributed by atoms with Crippen LogP contribution in [0, 0.1) is 11.8 Å². The van der Waals surface area contributed by atoms with Crippen LogP contribution >= 0.6 is 0 Å². The van der Waals surface area contributed by atoms with Gasteiger partial charge in [-0.1, -0.05) is 32.4 Å². The summed E-state index contributed by atoms with van der Waals surface area (Å²) in [7, 11) is 0. The van der Waals surface area contributed by atoms with Crippen molar-refractivity contribution in [2.75, 3.05) is 25.0 Å². The second-order valence-corrected chi connectivity index (χ2v) is 15.9. The van der Waals surface area contributed by atoms with Crippen molar-refractivity contribution in [3.63, 3.8) is 0 Å².